The summed E-state index contributed by atoms with van der Waals surface area (Å²) in [6, 6.07) is 8.52. The maximum absolute atomic E-state index is 3.32. The predicted molar refractivity (Wildman–Crippen MR) is 52.6 cm³/mol. The monoisotopic (exact) mass is 264 g/mol. The molecule has 2 rings (SSSR count). The van der Waals surface area contributed by atoms with Gasteiger partial charge in [0.05, 0.1) is 0 Å². The molecule has 0 bridgehead atoms. The first kappa shape index (κ1) is 8.77. The first-order valence-electron chi connectivity index (χ1n) is 4.05. The second-order valence-electron chi connectivity index (χ2n) is 3.16. The average molecular weight is 263 g/mol. The number of H-pyrrole nitrogens is 2. The van der Waals surface area contributed by atoms with Crippen molar-refractivity contribution < 1.29 is 14.8 Å². The number of hydrogen-bond donors (Lipinski definition) is 2. The standard InChI is InChI=1S/2C4H4N.2CH3.Ru/c2*1-2-4-5-3-1;;;/h2*1-3,5H;2*1H3;. The molecule has 0 atom stereocenters. The molecule has 0 radical (unpaired) electrons. The Morgan fingerprint density at radius 1 is 0.923 bits per heavy atom. The molecule has 2 aromatic rings. The molecule has 0 saturated carbocycles. The van der Waals surface area contributed by atoms with Gasteiger partial charge in [-0.15, -0.1) is 0 Å². The predicted octanol–water partition coefficient (Wildman–Crippen LogP) is 1.54. The molecule has 2 aromatic heterocycles. The van der Waals surface area contributed by atoms with E-state index in [4.69, 9.17) is 0 Å². The van der Waals surface area contributed by atoms with Gasteiger partial charge in [0.1, 0.15) is 0 Å². The molecule has 0 unspecified atom stereocenters. The van der Waals surface area contributed by atoms with Crippen LogP contribution < -0.4 is 8.58 Å². The zero-order valence-corrected chi connectivity index (χ0v) is 9.56. The summed E-state index contributed by atoms with van der Waals surface area (Å²) in [7, 11) is 0. The van der Waals surface area contributed by atoms with Gasteiger partial charge in [0, 0.05) is 0 Å². The summed E-state index contributed by atoms with van der Waals surface area (Å²) in [5.74, 6) is 0. The van der Waals surface area contributed by atoms with Crippen molar-refractivity contribution in [3.05, 3.63) is 36.7 Å². The van der Waals surface area contributed by atoms with Gasteiger partial charge in [-0.05, 0) is 0 Å². The quantitative estimate of drug-likeness (QED) is 0.770. The van der Waals surface area contributed by atoms with E-state index in [1.807, 2.05) is 12.4 Å². The van der Waals surface area contributed by atoms with Crippen LogP contribution in [-0.2, 0) is 14.8 Å². The van der Waals surface area contributed by atoms with Crippen LogP contribution in [0.4, 0.5) is 0 Å². The van der Waals surface area contributed by atoms with Crippen molar-refractivity contribution in [2.45, 2.75) is 11.0 Å². The molecule has 2 heterocycles. The Balaban J connectivity index is 2.42. The molecule has 0 saturated heterocycles. The molecule has 0 fully saturated rings. The molecule has 0 aromatic carbocycles. The van der Waals surface area contributed by atoms with Gasteiger partial charge in [0.2, 0.25) is 0 Å². The molecular formula is C10H14N2Ru. The third-order valence-corrected chi connectivity index (χ3v) is 7.82. The van der Waals surface area contributed by atoms with Crippen LogP contribution in [0, 0.1) is 0 Å². The normalized spacial score (nSPS) is 13.1. The number of nitrogens with one attached hydrogen (secondary N) is 2. The Bertz CT molecular complexity index is 323. The topological polar surface area (TPSA) is 31.6 Å². The Hall–Kier alpha value is -0.817. The number of hydrogen-bond acceptors (Lipinski definition) is 0. The van der Waals surface area contributed by atoms with Crippen LogP contribution >= 0.6 is 0 Å². The summed E-state index contributed by atoms with van der Waals surface area (Å²) >= 11 is -1.80. The fourth-order valence-corrected chi connectivity index (χ4v) is 5.09. The van der Waals surface area contributed by atoms with E-state index in [1.54, 1.807) is 0 Å². The van der Waals surface area contributed by atoms with Crippen LogP contribution in [0.15, 0.2) is 36.7 Å². The molecule has 0 aliphatic carbocycles. The SMILES string of the molecule is [CH3][Ru]([CH3])([c]1ccc[nH]1)[c]1ccc[nH]1. The Morgan fingerprint density at radius 2 is 1.38 bits per heavy atom. The summed E-state index contributed by atoms with van der Waals surface area (Å²) in [6.07, 6.45) is 4.00. The summed E-state index contributed by atoms with van der Waals surface area (Å²) in [5.41, 5.74) is 4.74. The van der Waals surface area contributed by atoms with Crippen molar-refractivity contribution in [3.8, 4) is 0 Å². The second kappa shape index (κ2) is 3.15. The summed E-state index contributed by atoms with van der Waals surface area (Å²) in [6.45, 7) is 0. The van der Waals surface area contributed by atoms with Gasteiger partial charge in [0.25, 0.3) is 0 Å². The molecule has 13 heavy (non-hydrogen) atoms. The van der Waals surface area contributed by atoms with E-state index in [0.29, 0.717) is 0 Å². The van der Waals surface area contributed by atoms with Gasteiger partial charge in [-0.3, -0.25) is 0 Å². The number of aromatic amines is 2. The van der Waals surface area contributed by atoms with E-state index in [0.717, 1.165) is 0 Å². The van der Waals surface area contributed by atoms with Gasteiger partial charge < -0.3 is 0 Å². The van der Waals surface area contributed by atoms with Crippen molar-refractivity contribution in [2.75, 3.05) is 0 Å². The number of aromatic nitrogens is 2. The van der Waals surface area contributed by atoms with Crippen molar-refractivity contribution in [1.82, 2.24) is 9.97 Å². The van der Waals surface area contributed by atoms with Crippen LogP contribution in [0.3, 0.4) is 0 Å². The van der Waals surface area contributed by atoms with E-state index in [2.05, 4.69) is 45.3 Å². The molecule has 2 N–H and O–H groups in total. The molecular weight excluding hydrogens is 249 g/mol. The van der Waals surface area contributed by atoms with Crippen molar-refractivity contribution in [1.29, 1.82) is 0 Å². The fraction of sp³-hybridized carbons (Fsp3) is 0.200. The van der Waals surface area contributed by atoms with Crippen molar-refractivity contribution >= 4 is 8.58 Å². The molecule has 0 spiro atoms. The zero-order valence-electron chi connectivity index (χ0n) is 7.82. The minimum absolute atomic E-state index is 1.40. The van der Waals surface area contributed by atoms with Crippen molar-refractivity contribution in [2.24, 2.45) is 0 Å². The molecule has 72 valence electrons. The summed E-state index contributed by atoms with van der Waals surface area (Å²) in [5, 5.41) is 0. The van der Waals surface area contributed by atoms with E-state index >= 15 is 0 Å². The molecule has 2 nitrogen and oxygen atoms in total. The molecule has 0 amide bonds. The van der Waals surface area contributed by atoms with Crippen LogP contribution in [0.5, 0.6) is 0 Å². The third kappa shape index (κ3) is 1.49. The maximum atomic E-state index is 3.32. The fourth-order valence-electron chi connectivity index (χ4n) is 1.26. The van der Waals surface area contributed by atoms with Crippen LogP contribution in [0.1, 0.15) is 0 Å². The van der Waals surface area contributed by atoms with Gasteiger partial charge in [-0.1, -0.05) is 0 Å². The average Bonchev–Trinajstić information content (AvgIpc) is 2.78. The summed E-state index contributed by atoms with van der Waals surface area (Å²) < 4.78 is 2.80. The Morgan fingerprint density at radius 3 is 1.69 bits per heavy atom. The molecule has 3 heteroatoms. The van der Waals surface area contributed by atoms with E-state index in [1.165, 1.54) is 8.58 Å². The first-order chi connectivity index (χ1) is 6.21. The molecule has 0 aliphatic rings. The Labute approximate surface area is 81.2 Å². The second-order valence-corrected chi connectivity index (χ2v) is 10.7. The van der Waals surface area contributed by atoms with Crippen LogP contribution in [-0.4, -0.2) is 9.97 Å². The Kier molecular flexibility index (Phi) is 2.13. The first-order valence-corrected chi connectivity index (χ1v) is 9.26. The molecule has 0 aliphatic heterocycles. The van der Waals surface area contributed by atoms with Crippen molar-refractivity contribution in [3.63, 3.8) is 0 Å². The van der Waals surface area contributed by atoms with Gasteiger partial charge >= 0.3 is 81.0 Å². The summed E-state index contributed by atoms with van der Waals surface area (Å²) in [4.78, 5) is 6.64. The van der Waals surface area contributed by atoms with Crippen LogP contribution in [0.2, 0.25) is 11.0 Å². The van der Waals surface area contributed by atoms with Gasteiger partial charge in [-0.25, -0.2) is 0 Å². The minimum atomic E-state index is -1.80. The van der Waals surface area contributed by atoms with Gasteiger partial charge in [-0.2, -0.15) is 0 Å². The van der Waals surface area contributed by atoms with E-state index in [9.17, 15) is 0 Å². The van der Waals surface area contributed by atoms with E-state index in [-0.39, 0.29) is 0 Å². The van der Waals surface area contributed by atoms with Gasteiger partial charge in [0.15, 0.2) is 0 Å². The third-order valence-electron chi connectivity index (χ3n) is 2.06. The van der Waals surface area contributed by atoms with Crippen LogP contribution in [0.25, 0.3) is 0 Å². The van der Waals surface area contributed by atoms with E-state index < -0.39 is 14.8 Å². The number of rotatable bonds is 2. The zero-order chi connectivity index (χ0) is 9.31.